The number of hydrogen-bond donors (Lipinski definition) is 1. The average molecular weight is 351 g/mol. The summed E-state index contributed by atoms with van der Waals surface area (Å²) in [6, 6.07) is 12.4. The third kappa shape index (κ3) is 3.59. The summed E-state index contributed by atoms with van der Waals surface area (Å²) >= 11 is 0. The van der Waals surface area contributed by atoms with E-state index in [0.29, 0.717) is 18.7 Å². The van der Waals surface area contributed by atoms with Gasteiger partial charge in [-0.15, -0.1) is 0 Å². The summed E-state index contributed by atoms with van der Waals surface area (Å²) in [5.74, 6) is 0.0682. The second-order valence-electron chi connectivity index (χ2n) is 6.34. The molecule has 26 heavy (non-hydrogen) atoms. The first-order chi connectivity index (χ1) is 12.7. The molecular formula is C20H18FN3O2. The van der Waals surface area contributed by atoms with E-state index < -0.39 is 6.10 Å². The number of amides is 1. The Bertz CT molecular complexity index is 925. The van der Waals surface area contributed by atoms with Gasteiger partial charge in [0.2, 0.25) is 0 Å². The predicted molar refractivity (Wildman–Crippen MR) is 94.1 cm³/mol. The molecule has 1 aliphatic heterocycles. The average Bonchev–Trinajstić information content (AvgIpc) is 3.29. The lowest BCUT2D eigenvalue weighted by molar-refractivity contribution is -0.127. The van der Waals surface area contributed by atoms with Crippen LogP contribution in [0.25, 0.3) is 0 Å². The summed E-state index contributed by atoms with van der Waals surface area (Å²) in [7, 11) is 0. The number of nitrogens with zero attached hydrogens (tertiary/aromatic N) is 2. The molecule has 1 aliphatic rings. The van der Waals surface area contributed by atoms with Crippen molar-refractivity contribution in [1.82, 2.24) is 14.9 Å². The molecule has 1 amide bonds. The molecule has 1 N–H and O–H groups in total. The lowest BCUT2D eigenvalue weighted by Crippen LogP contribution is -2.37. The summed E-state index contributed by atoms with van der Waals surface area (Å²) < 4.78 is 20.9. The number of halogens is 1. The first kappa shape index (κ1) is 16.3. The normalized spacial score (nSPS) is 15.3. The van der Waals surface area contributed by atoms with Crippen LogP contribution in [0, 0.1) is 5.82 Å². The Labute approximate surface area is 150 Å². The zero-order valence-corrected chi connectivity index (χ0v) is 14.1. The lowest BCUT2D eigenvalue weighted by Gasteiger charge is -2.12. The minimum atomic E-state index is -0.610. The molecule has 0 radical (unpaired) electrons. The first-order valence-corrected chi connectivity index (χ1v) is 8.44. The van der Waals surface area contributed by atoms with Gasteiger partial charge in [-0.25, -0.2) is 9.37 Å². The number of carbonyl (C=O) groups excluding carboxylic acids is 1. The molecule has 5 nitrogen and oxygen atoms in total. The fourth-order valence-corrected chi connectivity index (χ4v) is 3.10. The van der Waals surface area contributed by atoms with Gasteiger partial charge in [-0.05, 0) is 29.3 Å². The van der Waals surface area contributed by atoms with E-state index in [9.17, 15) is 9.18 Å². The van der Waals surface area contributed by atoms with Crippen molar-refractivity contribution in [3.05, 3.63) is 83.7 Å². The highest BCUT2D eigenvalue weighted by Gasteiger charge is 2.29. The molecule has 6 heteroatoms. The lowest BCUT2D eigenvalue weighted by atomic mass is 10.1. The summed E-state index contributed by atoms with van der Waals surface area (Å²) in [5.41, 5.74) is 2.87. The van der Waals surface area contributed by atoms with Crippen molar-refractivity contribution in [3.63, 3.8) is 0 Å². The Morgan fingerprint density at radius 3 is 3.00 bits per heavy atom. The molecule has 1 aromatic heterocycles. The zero-order chi connectivity index (χ0) is 17.9. The van der Waals surface area contributed by atoms with E-state index in [0.717, 1.165) is 23.2 Å². The molecule has 0 saturated carbocycles. The second-order valence-corrected chi connectivity index (χ2v) is 6.34. The molecular weight excluding hydrogens is 333 g/mol. The van der Waals surface area contributed by atoms with Crippen molar-refractivity contribution in [1.29, 1.82) is 0 Å². The first-order valence-electron chi connectivity index (χ1n) is 8.44. The van der Waals surface area contributed by atoms with Gasteiger partial charge in [0.15, 0.2) is 6.10 Å². The van der Waals surface area contributed by atoms with Crippen LogP contribution in [-0.2, 0) is 24.3 Å². The standard InChI is InChI=1S/C20H18FN3O2/c21-17-4-5-18-16(9-17)10-19(26-18)20(25)23-11-14-2-1-3-15(8-14)12-24-7-6-22-13-24/h1-9,13,19H,10-12H2,(H,23,25). The molecule has 0 saturated heterocycles. The van der Waals surface area contributed by atoms with Crippen molar-refractivity contribution in [2.45, 2.75) is 25.6 Å². The Morgan fingerprint density at radius 1 is 1.27 bits per heavy atom. The minimum Gasteiger partial charge on any atom is -0.480 e. The molecule has 0 aliphatic carbocycles. The fourth-order valence-electron chi connectivity index (χ4n) is 3.10. The van der Waals surface area contributed by atoms with Crippen LogP contribution in [0.15, 0.2) is 61.2 Å². The zero-order valence-electron chi connectivity index (χ0n) is 14.1. The quantitative estimate of drug-likeness (QED) is 0.769. The van der Waals surface area contributed by atoms with Gasteiger partial charge < -0.3 is 14.6 Å². The maximum absolute atomic E-state index is 13.3. The number of rotatable bonds is 5. The van der Waals surface area contributed by atoms with Crippen molar-refractivity contribution in [2.75, 3.05) is 0 Å². The van der Waals surface area contributed by atoms with Gasteiger partial charge in [-0.1, -0.05) is 24.3 Å². The summed E-state index contributed by atoms with van der Waals surface area (Å²) in [5, 5.41) is 2.90. The molecule has 3 aromatic rings. The van der Waals surface area contributed by atoms with Crippen LogP contribution in [0.3, 0.4) is 0 Å². The molecule has 0 fully saturated rings. The number of carbonyl (C=O) groups is 1. The predicted octanol–water partition coefficient (Wildman–Crippen LogP) is 2.69. The fraction of sp³-hybridized carbons (Fsp3) is 0.200. The molecule has 0 spiro atoms. The van der Waals surface area contributed by atoms with E-state index in [1.54, 1.807) is 18.6 Å². The molecule has 0 bridgehead atoms. The topological polar surface area (TPSA) is 56.2 Å². The van der Waals surface area contributed by atoms with Gasteiger partial charge in [0.05, 0.1) is 6.33 Å². The van der Waals surface area contributed by atoms with E-state index >= 15 is 0 Å². The molecule has 1 atom stereocenters. The van der Waals surface area contributed by atoms with Gasteiger partial charge in [0.25, 0.3) is 5.91 Å². The number of benzene rings is 2. The molecule has 132 valence electrons. The highest BCUT2D eigenvalue weighted by atomic mass is 19.1. The Balaban J connectivity index is 1.35. The van der Waals surface area contributed by atoms with Crippen molar-refractivity contribution in [3.8, 4) is 5.75 Å². The molecule has 2 aromatic carbocycles. The maximum Gasteiger partial charge on any atom is 0.261 e. The van der Waals surface area contributed by atoms with E-state index in [1.807, 2.05) is 29.0 Å². The number of hydrogen-bond acceptors (Lipinski definition) is 3. The summed E-state index contributed by atoms with van der Waals surface area (Å²) in [4.78, 5) is 16.4. The van der Waals surface area contributed by atoms with Crippen molar-refractivity contribution in [2.24, 2.45) is 0 Å². The molecule has 2 heterocycles. The second kappa shape index (κ2) is 7.00. The van der Waals surface area contributed by atoms with E-state index in [-0.39, 0.29) is 11.7 Å². The largest absolute Gasteiger partial charge is 0.480 e. The SMILES string of the molecule is O=C(NCc1cccc(Cn2ccnc2)c1)C1Cc2cc(F)ccc2O1. The Hall–Kier alpha value is -3.15. The maximum atomic E-state index is 13.3. The van der Waals surface area contributed by atoms with Crippen LogP contribution in [0.2, 0.25) is 0 Å². The highest BCUT2D eigenvalue weighted by Crippen LogP contribution is 2.29. The molecule has 4 rings (SSSR count). The van der Waals surface area contributed by atoms with E-state index in [1.165, 1.54) is 12.1 Å². The third-order valence-electron chi connectivity index (χ3n) is 4.37. The number of aromatic nitrogens is 2. The van der Waals surface area contributed by atoms with Gasteiger partial charge in [0.1, 0.15) is 11.6 Å². The number of ether oxygens (including phenoxy) is 1. The Morgan fingerprint density at radius 2 is 2.15 bits per heavy atom. The van der Waals surface area contributed by atoms with Crippen LogP contribution in [0.4, 0.5) is 4.39 Å². The number of nitrogens with one attached hydrogen (secondary N) is 1. The minimum absolute atomic E-state index is 0.193. The molecule has 1 unspecified atom stereocenters. The smallest absolute Gasteiger partial charge is 0.261 e. The van der Waals surface area contributed by atoms with Crippen LogP contribution in [-0.4, -0.2) is 21.6 Å². The van der Waals surface area contributed by atoms with Gasteiger partial charge in [0, 0.05) is 37.5 Å². The number of imidazole rings is 1. The summed E-state index contributed by atoms with van der Waals surface area (Å²) in [6.07, 6.45) is 5.20. The van der Waals surface area contributed by atoms with E-state index in [2.05, 4.69) is 16.4 Å². The van der Waals surface area contributed by atoms with Gasteiger partial charge in [-0.3, -0.25) is 4.79 Å². The van der Waals surface area contributed by atoms with Crippen LogP contribution >= 0.6 is 0 Å². The van der Waals surface area contributed by atoms with Gasteiger partial charge in [-0.2, -0.15) is 0 Å². The monoisotopic (exact) mass is 351 g/mol. The Kier molecular flexibility index (Phi) is 4.39. The van der Waals surface area contributed by atoms with Crippen molar-refractivity contribution >= 4 is 5.91 Å². The number of fused-ring (bicyclic) bond motifs is 1. The van der Waals surface area contributed by atoms with Crippen molar-refractivity contribution < 1.29 is 13.9 Å². The highest BCUT2D eigenvalue weighted by molar-refractivity contribution is 5.82. The summed E-state index contributed by atoms with van der Waals surface area (Å²) in [6.45, 7) is 1.15. The van der Waals surface area contributed by atoms with Gasteiger partial charge >= 0.3 is 0 Å². The van der Waals surface area contributed by atoms with Crippen LogP contribution < -0.4 is 10.1 Å². The third-order valence-corrected chi connectivity index (χ3v) is 4.37. The van der Waals surface area contributed by atoms with Crippen LogP contribution in [0.1, 0.15) is 16.7 Å². The van der Waals surface area contributed by atoms with Crippen LogP contribution in [0.5, 0.6) is 5.75 Å². The van der Waals surface area contributed by atoms with E-state index in [4.69, 9.17) is 4.74 Å².